The minimum atomic E-state index is -4.94. The molecule has 9 heteroatoms. The molecule has 1 aliphatic heterocycles. The van der Waals surface area contributed by atoms with Crippen LogP contribution in [0.15, 0.2) is 34.1 Å². The summed E-state index contributed by atoms with van der Waals surface area (Å²) in [5.74, 6) is 0. The SMILES string of the molecule is CCC1COCCN1S(=O)(=O)c1cccc(S(=O)(=O)F)c1. The van der Waals surface area contributed by atoms with Gasteiger partial charge in [0, 0.05) is 12.6 Å². The second-order valence-corrected chi connectivity index (χ2v) is 7.90. The molecule has 1 aromatic carbocycles. The minimum absolute atomic E-state index is 0.188. The lowest BCUT2D eigenvalue weighted by Gasteiger charge is -2.33. The predicted molar refractivity (Wildman–Crippen MR) is 73.5 cm³/mol. The minimum Gasteiger partial charge on any atom is -0.378 e. The van der Waals surface area contributed by atoms with Crippen LogP contribution in [0.2, 0.25) is 0 Å². The fraction of sp³-hybridized carbons (Fsp3) is 0.500. The Bertz CT molecular complexity index is 717. The van der Waals surface area contributed by atoms with Crippen molar-refractivity contribution in [1.29, 1.82) is 0 Å². The van der Waals surface area contributed by atoms with E-state index in [0.29, 0.717) is 6.42 Å². The van der Waals surface area contributed by atoms with Crippen LogP contribution in [0.4, 0.5) is 3.89 Å². The topological polar surface area (TPSA) is 80.8 Å². The molecule has 1 saturated heterocycles. The van der Waals surface area contributed by atoms with E-state index in [9.17, 15) is 20.7 Å². The molecule has 1 heterocycles. The van der Waals surface area contributed by atoms with Gasteiger partial charge >= 0.3 is 10.2 Å². The molecule has 1 aliphatic rings. The van der Waals surface area contributed by atoms with E-state index in [4.69, 9.17) is 4.74 Å². The molecule has 6 nitrogen and oxygen atoms in total. The maximum Gasteiger partial charge on any atom is 0.332 e. The molecule has 0 aliphatic carbocycles. The van der Waals surface area contributed by atoms with Crippen molar-refractivity contribution < 1.29 is 25.5 Å². The van der Waals surface area contributed by atoms with Gasteiger partial charge in [0.1, 0.15) is 0 Å². The molecule has 0 amide bonds. The van der Waals surface area contributed by atoms with Crippen LogP contribution in [0.1, 0.15) is 13.3 Å². The lowest BCUT2D eigenvalue weighted by molar-refractivity contribution is 0.0314. The predicted octanol–water partition coefficient (Wildman–Crippen LogP) is 1.14. The molecule has 0 bridgehead atoms. The number of morpholine rings is 1. The van der Waals surface area contributed by atoms with Crippen molar-refractivity contribution in [3.05, 3.63) is 24.3 Å². The number of ether oxygens (including phenoxy) is 1. The second-order valence-electron chi connectivity index (χ2n) is 4.67. The van der Waals surface area contributed by atoms with Gasteiger partial charge in [-0.1, -0.05) is 13.0 Å². The third kappa shape index (κ3) is 3.42. The van der Waals surface area contributed by atoms with Crippen molar-refractivity contribution in [3.8, 4) is 0 Å². The molecule has 0 spiro atoms. The zero-order valence-electron chi connectivity index (χ0n) is 11.4. The van der Waals surface area contributed by atoms with E-state index in [1.165, 1.54) is 16.4 Å². The van der Waals surface area contributed by atoms with Gasteiger partial charge in [-0.15, -0.1) is 3.89 Å². The van der Waals surface area contributed by atoms with Crippen LogP contribution >= 0.6 is 0 Å². The van der Waals surface area contributed by atoms with Gasteiger partial charge in [0.15, 0.2) is 0 Å². The Kier molecular flexibility index (Phi) is 4.66. The van der Waals surface area contributed by atoms with E-state index >= 15 is 0 Å². The maximum absolute atomic E-state index is 13.0. The van der Waals surface area contributed by atoms with Gasteiger partial charge in [-0.2, -0.15) is 12.7 Å². The lowest BCUT2D eigenvalue weighted by atomic mass is 10.2. The average Bonchev–Trinajstić information content (AvgIpc) is 2.46. The number of nitrogens with zero attached hydrogens (tertiary/aromatic N) is 1. The van der Waals surface area contributed by atoms with Gasteiger partial charge in [0.25, 0.3) is 0 Å². The first-order valence-electron chi connectivity index (χ1n) is 6.41. The van der Waals surface area contributed by atoms with E-state index < -0.39 is 25.1 Å². The van der Waals surface area contributed by atoms with Gasteiger partial charge in [-0.25, -0.2) is 8.42 Å². The van der Waals surface area contributed by atoms with Crippen LogP contribution in [0, 0.1) is 0 Å². The Morgan fingerprint density at radius 1 is 1.29 bits per heavy atom. The summed E-state index contributed by atoms with van der Waals surface area (Å²) in [5, 5.41) is 0. The van der Waals surface area contributed by atoms with E-state index in [2.05, 4.69) is 0 Å². The molecule has 2 rings (SSSR count). The maximum atomic E-state index is 13.0. The first-order chi connectivity index (χ1) is 9.76. The molecular formula is C12H16FNO5S2. The smallest absolute Gasteiger partial charge is 0.332 e. The van der Waals surface area contributed by atoms with Crippen molar-refractivity contribution in [2.45, 2.75) is 29.2 Å². The summed E-state index contributed by atoms with van der Waals surface area (Å²) in [6.07, 6.45) is 0.570. The zero-order valence-corrected chi connectivity index (χ0v) is 13.0. The largest absolute Gasteiger partial charge is 0.378 e. The summed E-state index contributed by atoms with van der Waals surface area (Å²) < 4.78 is 66.6. The Morgan fingerprint density at radius 2 is 1.95 bits per heavy atom. The normalized spacial score (nSPS) is 21.3. The summed E-state index contributed by atoms with van der Waals surface area (Å²) in [4.78, 5) is -0.897. The van der Waals surface area contributed by atoms with Gasteiger partial charge in [-0.3, -0.25) is 0 Å². The molecule has 0 N–H and O–H groups in total. The van der Waals surface area contributed by atoms with Crippen molar-refractivity contribution in [3.63, 3.8) is 0 Å². The van der Waals surface area contributed by atoms with E-state index in [1.54, 1.807) is 0 Å². The van der Waals surface area contributed by atoms with Gasteiger partial charge in [-0.05, 0) is 24.6 Å². The molecular weight excluding hydrogens is 321 g/mol. The molecule has 0 radical (unpaired) electrons. The van der Waals surface area contributed by atoms with Gasteiger partial charge in [0.2, 0.25) is 10.0 Å². The van der Waals surface area contributed by atoms with Crippen LogP contribution in [-0.2, 0) is 25.0 Å². The number of hydrogen-bond acceptors (Lipinski definition) is 5. The monoisotopic (exact) mass is 337 g/mol. The number of rotatable bonds is 4. The fourth-order valence-electron chi connectivity index (χ4n) is 2.20. The number of hydrogen-bond donors (Lipinski definition) is 0. The Morgan fingerprint density at radius 3 is 2.57 bits per heavy atom. The van der Waals surface area contributed by atoms with Gasteiger partial charge < -0.3 is 4.74 Å². The first kappa shape index (κ1) is 16.3. The summed E-state index contributed by atoms with van der Waals surface area (Å²) in [5.41, 5.74) is 0. The van der Waals surface area contributed by atoms with E-state index in [1.807, 2.05) is 6.92 Å². The number of halogens is 1. The van der Waals surface area contributed by atoms with Crippen molar-refractivity contribution in [2.75, 3.05) is 19.8 Å². The highest BCUT2D eigenvalue weighted by molar-refractivity contribution is 7.89. The van der Waals surface area contributed by atoms with E-state index in [0.717, 1.165) is 12.1 Å². The summed E-state index contributed by atoms with van der Waals surface area (Å²) in [6.45, 7) is 2.59. The molecule has 1 fully saturated rings. The Labute approximate surface area is 123 Å². The highest BCUT2D eigenvalue weighted by Gasteiger charge is 2.33. The van der Waals surface area contributed by atoms with Crippen molar-refractivity contribution >= 4 is 20.2 Å². The van der Waals surface area contributed by atoms with Crippen molar-refractivity contribution in [2.24, 2.45) is 0 Å². The first-order valence-corrected chi connectivity index (χ1v) is 9.23. The molecule has 0 aromatic heterocycles. The summed E-state index contributed by atoms with van der Waals surface area (Å²) in [7, 11) is -8.83. The summed E-state index contributed by atoms with van der Waals surface area (Å²) in [6, 6.07) is 4.01. The average molecular weight is 337 g/mol. The molecule has 1 aromatic rings. The quantitative estimate of drug-likeness (QED) is 0.770. The van der Waals surface area contributed by atoms with Crippen LogP contribution in [-0.4, -0.2) is 46.9 Å². The standard InChI is InChI=1S/C12H16FNO5S2/c1-2-10-9-19-7-6-14(10)21(17,18)12-5-3-4-11(8-12)20(13,15)16/h3-5,8,10H,2,6-7,9H2,1H3. The molecule has 21 heavy (non-hydrogen) atoms. The Hall–Kier alpha value is -1.03. The Balaban J connectivity index is 2.44. The molecule has 0 saturated carbocycles. The molecule has 118 valence electrons. The number of benzene rings is 1. The van der Waals surface area contributed by atoms with Crippen LogP contribution in [0.5, 0.6) is 0 Å². The molecule has 1 atom stereocenters. The zero-order chi connectivity index (χ0) is 15.7. The van der Waals surface area contributed by atoms with Crippen LogP contribution < -0.4 is 0 Å². The number of sulfonamides is 1. The van der Waals surface area contributed by atoms with Gasteiger partial charge in [0.05, 0.1) is 23.0 Å². The van der Waals surface area contributed by atoms with Crippen LogP contribution in [0.3, 0.4) is 0 Å². The highest BCUT2D eigenvalue weighted by atomic mass is 32.3. The summed E-state index contributed by atoms with van der Waals surface area (Å²) >= 11 is 0. The van der Waals surface area contributed by atoms with Crippen molar-refractivity contribution in [1.82, 2.24) is 4.31 Å². The highest BCUT2D eigenvalue weighted by Crippen LogP contribution is 2.24. The fourth-order valence-corrected chi connectivity index (χ4v) is 4.50. The molecule has 1 unspecified atom stereocenters. The lowest BCUT2D eigenvalue weighted by Crippen LogP contribution is -2.48. The van der Waals surface area contributed by atoms with Crippen LogP contribution in [0.25, 0.3) is 0 Å². The second kappa shape index (κ2) is 5.99. The third-order valence-corrected chi connectivity index (χ3v) is 6.10. The van der Waals surface area contributed by atoms with E-state index in [-0.39, 0.29) is 30.7 Å². The third-order valence-electron chi connectivity index (χ3n) is 3.34.